The van der Waals surface area contributed by atoms with Gasteiger partial charge in [0.15, 0.2) is 0 Å². The van der Waals surface area contributed by atoms with Crippen LogP contribution in [0.25, 0.3) is 0 Å². The van der Waals surface area contributed by atoms with Crippen LogP contribution >= 0.6 is 0 Å². The Morgan fingerprint density at radius 2 is 2.10 bits per heavy atom. The van der Waals surface area contributed by atoms with Gasteiger partial charge < -0.3 is 10.6 Å². The van der Waals surface area contributed by atoms with Crippen molar-refractivity contribution in [1.82, 2.24) is 10.6 Å². The molecule has 2 unspecified atom stereocenters. The highest BCUT2D eigenvalue weighted by molar-refractivity contribution is 5.82. The van der Waals surface area contributed by atoms with Crippen LogP contribution in [0, 0.1) is 11.8 Å². The van der Waals surface area contributed by atoms with Crippen molar-refractivity contribution in [3.05, 3.63) is 35.4 Å². The summed E-state index contributed by atoms with van der Waals surface area (Å²) < 4.78 is 0. The fraction of sp³-hybridized carbons (Fsp3) is 0.611. The highest BCUT2D eigenvalue weighted by atomic mass is 16.2. The molecule has 3 rings (SSSR count). The smallest absolute Gasteiger partial charge is 0.237 e. The van der Waals surface area contributed by atoms with Crippen LogP contribution in [0.1, 0.15) is 43.7 Å². The minimum atomic E-state index is -0.0686. The topological polar surface area (TPSA) is 41.1 Å². The van der Waals surface area contributed by atoms with Crippen molar-refractivity contribution in [2.75, 3.05) is 6.54 Å². The Labute approximate surface area is 127 Å². The summed E-state index contributed by atoms with van der Waals surface area (Å²) in [6, 6.07) is 8.33. The van der Waals surface area contributed by atoms with Crippen molar-refractivity contribution in [3.63, 3.8) is 0 Å². The lowest BCUT2D eigenvalue weighted by atomic mass is 9.82. The summed E-state index contributed by atoms with van der Waals surface area (Å²) in [5, 5.41) is 6.53. The van der Waals surface area contributed by atoms with Gasteiger partial charge in [-0.1, -0.05) is 44.0 Å². The van der Waals surface area contributed by atoms with Gasteiger partial charge in [0.25, 0.3) is 0 Å². The summed E-state index contributed by atoms with van der Waals surface area (Å²) >= 11 is 0. The Morgan fingerprint density at radius 3 is 2.90 bits per heavy atom. The molecule has 0 saturated heterocycles. The number of rotatable bonds is 3. The van der Waals surface area contributed by atoms with Crippen LogP contribution < -0.4 is 10.6 Å². The molecule has 0 aromatic heterocycles. The van der Waals surface area contributed by atoms with Gasteiger partial charge in [-0.3, -0.25) is 4.79 Å². The second-order valence-corrected chi connectivity index (χ2v) is 6.79. The van der Waals surface area contributed by atoms with Gasteiger partial charge in [-0.2, -0.15) is 0 Å². The zero-order valence-electron chi connectivity index (χ0n) is 12.9. The van der Waals surface area contributed by atoms with Crippen LogP contribution in [0.2, 0.25) is 0 Å². The minimum absolute atomic E-state index is 0.0686. The molecule has 1 aromatic rings. The van der Waals surface area contributed by atoms with E-state index in [-0.39, 0.29) is 11.9 Å². The first-order valence-corrected chi connectivity index (χ1v) is 8.30. The third kappa shape index (κ3) is 3.65. The van der Waals surface area contributed by atoms with E-state index in [0.717, 1.165) is 25.4 Å². The van der Waals surface area contributed by atoms with E-state index in [1.807, 2.05) is 0 Å². The van der Waals surface area contributed by atoms with E-state index in [9.17, 15) is 4.79 Å². The van der Waals surface area contributed by atoms with E-state index in [1.165, 1.54) is 36.8 Å². The molecule has 2 aliphatic rings. The first-order chi connectivity index (χ1) is 10.2. The predicted octanol–water partition coefficient (Wildman–Crippen LogP) is 2.64. The van der Waals surface area contributed by atoms with E-state index in [0.29, 0.717) is 5.92 Å². The summed E-state index contributed by atoms with van der Waals surface area (Å²) in [4.78, 5) is 12.4. The maximum Gasteiger partial charge on any atom is 0.237 e. The second kappa shape index (κ2) is 6.61. The lowest BCUT2D eigenvalue weighted by Crippen LogP contribution is -2.48. The van der Waals surface area contributed by atoms with Gasteiger partial charge in [-0.15, -0.1) is 0 Å². The number of carbonyl (C=O) groups is 1. The highest BCUT2D eigenvalue weighted by Crippen LogP contribution is 2.28. The molecular weight excluding hydrogens is 260 g/mol. The third-order valence-electron chi connectivity index (χ3n) is 5.01. The van der Waals surface area contributed by atoms with Crippen molar-refractivity contribution in [2.45, 2.75) is 51.6 Å². The normalized spacial score (nSPS) is 28.7. The molecule has 3 atom stereocenters. The van der Waals surface area contributed by atoms with Crippen LogP contribution in [0.3, 0.4) is 0 Å². The Hall–Kier alpha value is -1.35. The molecule has 1 aliphatic carbocycles. The maximum absolute atomic E-state index is 12.4. The van der Waals surface area contributed by atoms with Gasteiger partial charge in [0.1, 0.15) is 0 Å². The van der Waals surface area contributed by atoms with E-state index in [2.05, 4.69) is 41.8 Å². The molecule has 3 nitrogen and oxygen atoms in total. The quantitative estimate of drug-likeness (QED) is 0.897. The van der Waals surface area contributed by atoms with Gasteiger partial charge in [-0.25, -0.2) is 0 Å². The molecular formula is C18H26N2O. The fourth-order valence-electron chi connectivity index (χ4n) is 3.75. The molecule has 0 bridgehead atoms. The van der Waals surface area contributed by atoms with Crippen molar-refractivity contribution in [2.24, 2.45) is 11.8 Å². The van der Waals surface area contributed by atoms with Gasteiger partial charge in [0.05, 0.1) is 6.04 Å². The molecule has 21 heavy (non-hydrogen) atoms. The molecule has 114 valence electrons. The number of fused-ring (bicyclic) bond motifs is 1. The predicted molar refractivity (Wildman–Crippen MR) is 84.9 cm³/mol. The molecule has 1 amide bonds. The Balaban J connectivity index is 1.50. The van der Waals surface area contributed by atoms with Crippen molar-refractivity contribution >= 4 is 5.91 Å². The van der Waals surface area contributed by atoms with Gasteiger partial charge in [-0.05, 0) is 42.2 Å². The molecule has 0 spiro atoms. The van der Waals surface area contributed by atoms with Gasteiger partial charge in [0, 0.05) is 13.1 Å². The van der Waals surface area contributed by atoms with E-state index in [4.69, 9.17) is 0 Å². The van der Waals surface area contributed by atoms with Gasteiger partial charge >= 0.3 is 0 Å². The third-order valence-corrected chi connectivity index (χ3v) is 5.01. The van der Waals surface area contributed by atoms with E-state index < -0.39 is 0 Å². The molecule has 1 fully saturated rings. The number of hydrogen-bond acceptors (Lipinski definition) is 2. The van der Waals surface area contributed by atoms with Crippen LogP contribution in [-0.2, 0) is 17.8 Å². The Morgan fingerprint density at radius 1 is 1.29 bits per heavy atom. The molecule has 0 radical (unpaired) electrons. The SMILES string of the molecule is CC1CCCC(CNC(=O)[C@@H]2Cc3ccccc3CN2)C1. The molecule has 1 aliphatic heterocycles. The summed E-state index contributed by atoms with van der Waals surface area (Å²) in [5.74, 6) is 1.66. The standard InChI is InChI=1S/C18H26N2O/c1-13-5-4-6-14(9-13)11-20-18(21)17-10-15-7-2-3-8-16(15)12-19-17/h2-3,7-8,13-14,17,19H,4-6,9-12H2,1H3,(H,20,21)/t13?,14?,17-/m0/s1. The zero-order chi connectivity index (χ0) is 14.7. The average molecular weight is 286 g/mol. The molecule has 1 aromatic carbocycles. The summed E-state index contributed by atoms with van der Waals surface area (Å²) in [6.07, 6.45) is 6.01. The van der Waals surface area contributed by atoms with Crippen molar-refractivity contribution in [1.29, 1.82) is 0 Å². The number of benzene rings is 1. The summed E-state index contributed by atoms with van der Waals surface area (Å²) in [7, 11) is 0. The van der Waals surface area contributed by atoms with Crippen molar-refractivity contribution < 1.29 is 4.79 Å². The van der Waals surface area contributed by atoms with Crippen LogP contribution in [-0.4, -0.2) is 18.5 Å². The number of amides is 1. The second-order valence-electron chi connectivity index (χ2n) is 6.79. The average Bonchev–Trinajstić information content (AvgIpc) is 2.52. The Bertz CT molecular complexity index is 500. The van der Waals surface area contributed by atoms with E-state index >= 15 is 0 Å². The molecule has 1 saturated carbocycles. The number of nitrogens with one attached hydrogen (secondary N) is 2. The fourth-order valence-corrected chi connectivity index (χ4v) is 3.75. The minimum Gasteiger partial charge on any atom is -0.354 e. The lowest BCUT2D eigenvalue weighted by molar-refractivity contribution is -0.123. The Kier molecular flexibility index (Phi) is 4.59. The number of hydrogen-bond donors (Lipinski definition) is 2. The molecule has 1 heterocycles. The monoisotopic (exact) mass is 286 g/mol. The van der Waals surface area contributed by atoms with Crippen LogP contribution in [0.5, 0.6) is 0 Å². The largest absolute Gasteiger partial charge is 0.354 e. The van der Waals surface area contributed by atoms with Crippen molar-refractivity contribution in [3.8, 4) is 0 Å². The number of carbonyl (C=O) groups excluding carboxylic acids is 1. The van der Waals surface area contributed by atoms with E-state index in [1.54, 1.807) is 0 Å². The molecule has 3 heteroatoms. The maximum atomic E-state index is 12.4. The highest BCUT2D eigenvalue weighted by Gasteiger charge is 2.25. The summed E-state index contributed by atoms with van der Waals surface area (Å²) in [5.41, 5.74) is 2.63. The first kappa shape index (κ1) is 14.6. The summed E-state index contributed by atoms with van der Waals surface area (Å²) in [6.45, 7) is 3.98. The lowest BCUT2D eigenvalue weighted by Gasteiger charge is -2.29. The first-order valence-electron chi connectivity index (χ1n) is 8.30. The zero-order valence-corrected chi connectivity index (χ0v) is 12.9. The molecule has 2 N–H and O–H groups in total. The van der Waals surface area contributed by atoms with Crippen LogP contribution in [0.15, 0.2) is 24.3 Å². The van der Waals surface area contributed by atoms with Gasteiger partial charge in [0.2, 0.25) is 5.91 Å². The van der Waals surface area contributed by atoms with Crippen LogP contribution in [0.4, 0.5) is 0 Å².